The Morgan fingerprint density at radius 1 is 1.12 bits per heavy atom. The fourth-order valence-electron chi connectivity index (χ4n) is 3.98. The van der Waals surface area contributed by atoms with Gasteiger partial charge in [-0.15, -0.1) is 0 Å². The summed E-state index contributed by atoms with van der Waals surface area (Å²) in [6, 6.07) is 18.2. The summed E-state index contributed by atoms with van der Waals surface area (Å²) < 4.78 is 17.9. The van der Waals surface area contributed by atoms with E-state index in [1.807, 2.05) is 54.6 Å². The lowest BCUT2D eigenvalue weighted by Gasteiger charge is -2.29. The molecule has 0 spiro atoms. The molecule has 2 N–H and O–H groups in total. The van der Waals surface area contributed by atoms with Crippen LogP contribution < -0.4 is 9.47 Å². The van der Waals surface area contributed by atoms with Crippen LogP contribution in [0.5, 0.6) is 11.5 Å². The molecule has 2 aromatic rings. The molecule has 0 amide bonds. The molecule has 1 aliphatic heterocycles. The molecule has 0 fully saturated rings. The van der Waals surface area contributed by atoms with Gasteiger partial charge in [0.05, 0.1) is 6.61 Å². The number of aliphatic hydroxyl groups excluding tert-OH is 1. The zero-order chi connectivity index (χ0) is 24.0. The monoisotopic (exact) mass is 466 g/mol. The molecule has 4 rings (SSSR count). The first-order valence-corrected chi connectivity index (χ1v) is 11.9. The van der Waals surface area contributed by atoms with E-state index in [0.717, 1.165) is 37.1 Å². The smallest absolute Gasteiger partial charge is 0.288 e. The second kappa shape index (κ2) is 10.9. The summed E-state index contributed by atoms with van der Waals surface area (Å²) >= 11 is 0. The molecule has 7 nitrogen and oxygen atoms in total. The molecule has 7 heteroatoms. The topological polar surface area (TPSA) is 83.8 Å². The van der Waals surface area contributed by atoms with Gasteiger partial charge in [-0.05, 0) is 62.9 Å². The number of nitrogens with zero attached hydrogens (tertiary/aromatic N) is 2. The van der Waals surface area contributed by atoms with Crippen molar-refractivity contribution in [1.29, 1.82) is 0 Å². The fourth-order valence-corrected chi connectivity index (χ4v) is 3.98. The zero-order valence-corrected chi connectivity index (χ0v) is 19.8. The molecule has 0 saturated carbocycles. The van der Waals surface area contributed by atoms with Gasteiger partial charge in [-0.3, -0.25) is 0 Å². The Labute approximate surface area is 201 Å². The van der Waals surface area contributed by atoms with Crippen molar-refractivity contribution in [1.82, 2.24) is 4.90 Å². The largest absolute Gasteiger partial charge is 0.494 e. The van der Waals surface area contributed by atoms with Crippen molar-refractivity contribution in [3.63, 3.8) is 0 Å². The van der Waals surface area contributed by atoms with Crippen molar-refractivity contribution >= 4 is 6.02 Å². The standard InChI is InChI=1S/C27H34N2O5/c1-27(2,25(30)31)34-22-13-8-10-20(18-22)19-29(16-9-17-32-21-11-4-3-5-12-21)26-28-23-14-6-7-15-24(23)33-26/h3-6,8,10-14,18,23-25,30-31H,7,9,15-17,19H2,1-2H3. The number of allylic oxidation sites excluding steroid dienone is 1. The van der Waals surface area contributed by atoms with E-state index >= 15 is 0 Å². The molecule has 2 atom stereocenters. The van der Waals surface area contributed by atoms with Crippen LogP contribution in [0.4, 0.5) is 0 Å². The van der Waals surface area contributed by atoms with Gasteiger partial charge in [0.15, 0.2) is 11.9 Å². The summed E-state index contributed by atoms with van der Waals surface area (Å²) in [6.45, 7) is 5.18. The normalized spacial score (nSPS) is 19.4. The van der Waals surface area contributed by atoms with Crippen LogP contribution in [0.25, 0.3) is 0 Å². The minimum atomic E-state index is -1.59. The second-order valence-corrected chi connectivity index (χ2v) is 9.23. The maximum absolute atomic E-state index is 9.58. The number of hydrogen-bond donors (Lipinski definition) is 2. The van der Waals surface area contributed by atoms with E-state index in [-0.39, 0.29) is 12.1 Å². The average molecular weight is 467 g/mol. The summed E-state index contributed by atoms with van der Waals surface area (Å²) in [4.78, 5) is 6.99. The molecule has 182 valence electrons. The lowest BCUT2D eigenvalue weighted by molar-refractivity contribution is -0.154. The van der Waals surface area contributed by atoms with Gasteiger partial charge >= 0.3 is 0 Å². The van der Waals surface area contributed by atoms with E-state index in [4.69, 9.17) is 19.2 Å². The Bertz CT molecular complexity index is 990. The first-order valence-electron chi connectivity index (χ1n) is 11.9. The molecule has 0 aromatic heterocycles. The molecule has 2 aromatic carbocycles. The van der Waals surface area contributed by atoms with Gasteiger partial charge in [0.25, 0.3) is 6.02 Å². The number of benzene rings is 2. The highest BCUT2D eigenvalue weighted by atomic mass is 16.6. The van der Waals surface area contributed by atoms with Gasteiger partial charge in [-0.1, -0.05) is 42.5 Å². The number of ether oxygens (including phenoxy) is 3. The van der Waals surface area contributed by atoms with Crippen molar-refractivity contribution in [2.24, 2.45) is 4.99 Å². The maximum atomic E-state index is 9.58. The van der Waals surface area contributed by atoms with E-state index in [1.54, 1.807) is 13.8 Å². The minimum Gasteiger partial charge on any atom is -0.494 e. The van der Waals surface area contributed by atoms with E-state index < -0.39 is 11.9 Å². The number of aliphatic imine (C=N–C) groups is 1. The lowest BCUT2D eigenvalue weighted by atomic mass is 10.0. The Hall–Kier alpha value is -3.03. The average Bonchev–Trinajstić information content (AvgIpc) is 3.26. The summed E-state index contributed by atoms with van der Waals surface area (Å²) in [5.41, 5.74) is -0.102. The van der Waals surface area contributed by atoms with Gasteiger partial charge in [0, 0.05) is 13.1 Å². The SMILES string of the molecule is CC(C)(Oc1cccc(CN(CCCOc2ccccc2)C2=NC3C=CCCC3O2)c1)C(O)O. The molecule has 2 unspecified atom stereocenters. The predicted molar refractivity (Wildman–Crippen MR) is 131 cm³/mol. The van der Waals surface area contributed by atoms with Crippen LogP contribution >= 0.6 is 0 Å². The zero-order valence-electron chi connectivity index (χ0n) is 19.8. The summed E-state index contributed by atoms with van der Waals surface area (Å²) in [5.74, 6) is 1.44. The van der Waals surface area contributed by atoms with Gasteiger partial charge in [-0.25, -0.2) is 4.99 Å². The number of rotatable bonds is 10. The van der Waals surface area contributed by atoms with Crippen molar-refractivity contribution in [3.05, 3.63) is 72.3 Å². The fraction of sp³-hybridized carbons (Fsp3) is 0.444. The molecular weight excluding hydrogens is 432 g/mol. The van der Waals surface area contributed by atoms with Crippen molar-refractivity contribution in [2.75, 3.05) is 13.2 Å². The molecular formula is C27H34N2O5. The molecule has 0 bridgehead atoms. The lowest BCUT2D eigenvalue weighted by Crippen LogP contribution is -2.41. The Balaban J connectivity index is 1.43. The third kappa shape index (κ3) is 6.30. The molecule has 2 aliphatic rings. The van der Waals surface area contributed by atoms with Crippen molar-refractivity contribution < 1.29 is 24.4 Å². The summed E-state index contributed by atoms with van der Waals surface area (Å²) in [5, 5.41) is 19.2. The molecule has 1 heterocycles. The first kappa shape index (κ1) is 24.1. The van der Waals surface area contributed by atoms with Gasteiger partial charge in [-0.2, -0.15) is 0 Å². The van der Waals surface area contributed by atoms with Crippen LogP contribution in [-0.4, -0.2) is 58.3 Å². The maximum Gasteiger partial charge on any atom is 0.288 e. The Kier molecular flexibility index (Phi) is 7.75. The number of fused-ring (bicyclic) bond motifs is 1. The third-order valence-electron chi connectivity index (χ3n) is 5.98. The Morgan fingerprint density at radius 3 is 2.68 bits per heavy atom. The van der Waals surface area contributed by atoms with Gasteiger partial charge in [0.2, 0.25) is 0 Å². The highest BCUT2D eigenvalue weighted by molar-refractivity contribution is 5.76. The molecule has 0 saturated heterocycles. The number of para-hydroxylation sites is 1. The van der Waals surface area contributed by atoms with Gasteiger partial charge < -0.3 is 29.3 Å². The predicted octanol–water partition coefficient (Wildman–Crippen LogP) is 3.90. The van der Waals surface area contributed by atoms with Crippen molar-refractivity contribution in [3.8, 4) is 11.5 Å². The van der Waals surface area contributed by atoms with Gasteiger partial charge in [0.1, 0.15) is 23.6 Å². The Morgan fingerprint density at radius 2 is 1.91 bits per heavy atom. The third-order valence-corrected chi connectivity index (χ3v) is 5.98. The number of hydrogen-bond acceptors (Lipinski definition) is 7. The van der Waals surface area contributed by atoms with Crippen LogP contribution in [0, 0.1) is 0 Å². The van der Waals surface area contributed by atoms with E-state index in [1.165, 1.54) is 0 Å². The van der Waals surface area contributed by atoms with Crippen LogP contribution in [0.1, 0.15) is 38.7 Å². The highest BCUT2D eigenvalue weighted by Gasteiger charge is 2.33. The van der Waals surface area contributed by atoms with Crippen LogP contribution in [-0.2, 0) is 11.3 Å². The molecule has 1 aliphatic carbocycles. The van der Waals surface area contributed by atoms with Crippen molar-refractivity contribution in [2.45, 2.75) is 63.7 Å². The van der Waals surface area contributed by atoms with E-state index in [2.05, 4.69) is 17.1 Å². The summed E-state index contributed by atoms with van der Waals surface area (Å²) in [7, 11) is 0. The second-order valence-electron chi connectivity index (χ2n) is 9.23. The molecule has 34 heavy (non-hydrogen) atoms. The van der Waals surface area contributed by atoms with E-state index in [9.17, 15) is 10.2 Å². The molecule has 0 radical (unpaired) electrons. The van der Waals surface area contributed by atoms with Crippen LogP contribution in [0.15, 0.2) is 71.7 Å². The van der Waals surface area contributed by atoms with Crippen LogP contribution in [0.2, 0.25) is 0 Å². The number of amidine groups is 1. The van der Waals surface area contributed by atoms with E-state index in [0.29, 0.717) is 24.9 Å². The van der Waals surface area contributed by atoms with Crippen LogP contribution in [0.3, 0.4) is 0 Å². The number of aliphatic hydroxyl groups is 2. The minimum absolute atomic E-state index is 0.0772. The highest BCUT2D eigenvalue weighted by Crippen LogP contribution is 2.27. The summed E-state index contributed by atoms with van der Waals surface area (Å²) in [6.07, 6.45) is 5.62. The first-order chi connectivity index (χ1) is 16.4. The quantitative estimate of drug-likeness (QED) is 0.314.